The van der Waals surface area contributed by atoms with Gasteiger partial charge in [0.1, 0.15) is 5.82 Å². The van der Waals surface area contributed by atoms with Crippen LogP contribution in [0.5, 0.6) is 0 Å². The molecule has 0 spiro atoms. The summed E-state index contributed by atoms with van der Waals surface area (Å²) in [6, 6.07) is 5.56. The first-order valence-corrected chi connectivity index (χ1v) is 7.22. The molecule has 1 aromatic carbocycles. The molecular formula is C16H20FNO3. The summed E-state index contributed by atoms with van der Waals surface area (Å²) >= 11 is 0. The third-order valence-electron chi connectivity index (χ3n) is 4.43. The highest BCUT2D eigenvalue weighted by atomic mass is 19.1. The number of carbonyl (C=O) groups excluding carboxylic acids is 2. The molecule has 1 aromatic rings. The van der Waals surface area contributed by atoms with Crippen LogP contribution in [-0.2, 0) is 9.59 Å². The summed E-state index contributed by atoms with van der Waals surface area (Å²) in [4.78, 5) is 25.6. The van der Waals surface area contributed by atoms with Gasteiger partial charge in [-0.15, -0.1) is 0 Å². The molecule has 0 radical (unpaired) electrons. The summed E-state index contributed by atoms with van der Waals surface area (Å²) in [5.74, 6) is -0.950. The predicted octanol–water partition coefficient (Wildman–Crippen LogP) is 2.42. The molecule has 4 nitrogen and oxygen atoms in total. The third-order valence-corrected chi connectivity index (χ3v) is 4.43. The third kappa shape index (κ3) is 2.83. The fourth-order valence-corrected chi connectivity index (χ4v) is 2.84. The molecule has 1 N–H and O–H groups in total. The number of carbonyl (C=O) groups is 2. The first kappa shape index (κ1) is 15.6. The van der Waals surface area contributed by atoms with Crippen LogP contribution in [0.3, 0.4) is 0 Å². The Labute approximate surface area is 123 Å². The lowest BCUT2D eigenvalue weighted by Gasteiger charge is -2.24. The van der Waals surface area contributed by atoms with Crippen molar-refractivity contribution in [2.45, 2.75) is 39.2 Å². The number of rotatable bonds is 5. The monoisotopic (exact) mass is 293 g/mol. The molecule has 1 fully saturated rings. The lowest BCUT2D eigenvalue weighted by Crippen LogP contribution is -2.37. The minimum atomic E-state index is -1.07. The maximum absolute atomic E-state index is 13.2. The maximum Gasteiger partial charge on any atom is 0.235 e. The van der Waals surface area contributed by atoms with Crippen LogP contribution in [-0.4, -0.2) is 28.4 Å². The van der Waals surface area contributed by atoms with Gasteiger partial charge in [-0.2, -0.15) is 0 Å². The van der Waals surface area contributed by atoms with Crippen LogP contribution in [0, 0.1) is 11.2 Å². The molecule has 0 unspecified atom stereocenters. The molecule has 1 aliphatic rings. The second-order valence-corrected chi connectivity index (χ2v) is 5.54. The summed E-state index contributed by atoms with van der Waals surface area (Å²) < 4.78 is 13.2. The predicted molar refractivity (Wildman–Crippen MR) is 75.7 cm³/mol. The molecule has 0 bridgehead atoms. The summed E-state index contributed by atoms with van der Waals surface area (Å²) in [6.45, 7) is 3.66. The number of amides is 2. The molecule has 1 aliphatic heterocycles. The number of benzene rings is 1. The van der Waals surface area contributed by atoms with Crippen molar-refractivity contribution in [1.29, 1.82) is 0 Å². The van der Waals surface area contributed by atoms with Crippen LogP contribution < -0.4 is 0 Å². The number of imide groups is 1. The quantitative estimate of drug-likeness (QED) is 0.848. The van der Waals surface area contributed by atoms with E-state index in [2.05, 4.69) is 0 Å². The molecule has 114 valence electrons. The van der Waals surface area contributed by atoms with Crippen molar-refractivity contribution in [2.24, 2.45) is 5.41 Å². The van der Waals surface area contributed by atoms with Crippen molar-refractivity contribution < 1.29 is 19.1 Å². The van der Waals surface area contributed by atoms with Gasteiger partial charge in [0.05, 0.1) is 18.1 Å². The Bertz CT molecular complexity index is 554. The van der Waals surface area contributed by atoms with E-state index in [1.54, 1.807) is 6.07 Å². The largest absolute Gasteiger partial charge is 0.387 e. The highest BCUT2D eigenvalue weighted by molar-refractivity contribution is 6.05. The van der Waals surface area contributed by atoms with Crippen molar-refractivity contribution >= 4 is 11.8 Å². The second kappa shape index (κ2) is 5.93. The smallest absolute Gasteiger partial charge is 0.235 e. The number of likely N-dealkylation sites (tertiary alicyclic amines) is 1. The van der Waals surface area contributed by atoms with E-state index >= 15 is 0 Å². The van der Waals surface area contributed by atoms with Gasteiger partial charge >= 0.3 is 0 Å². The van der Waals surface area contributed by atoms with Crippen molar-refractivity contribution in [1.82, 2.24) is 4.90 Å². The zero-order valence-electron chi connectivity index (χ0n) is 12.3. The molecule has 0 aliphatic carbocycles. The Morgan fingerprint density at radius 2 is 2.00 bits per heavy atom. The summed E-state index contributed by atoms with van der Waals surface area (Å²) in [6.07, 6.45) is 0.314. The second-order valence-electron chi connectivity index (χ2n) is 5.54. The fraction of sp³-hybridized carbons (Fsp3) is 0.500. The lowest BCUT2D eigenvalue weighted by atomic mass is 9.81. The zero-order chi connectivity index (χ0) is 15.6. The average molecular weight is 293 g/mol. The number of hydrogen-bond donors (Lipinski definition) is 1. The lowest BCUT2D eigenvalue weighted by molar-refractivity contribution is -0.143. The van der Waals surface area contributed by atoms with E-state index in [4.69, 9.17) is 0 Å². The van der Waals surface area contributed by atoms with E-state index in [1.807, 2.05) is 13.8 Å². The van der Waals surface area contributed by atoms with Crippen LogP contribution in [0.1, 0.15) is 44.8 Å². The number of hydrogen-bond acceptors (Lipinski definition) is 3. The van der Waals surface area contributed by atoms with Crippen LogP contribution in [0.25, 0.3) is 0 Å². The number of nitrogens with zero attached hydrogens (tertiary/aromatic N) is 1. The van der Waals surface area contributed by atoms with E-state index in [0.717, 1.165) is 4.90 Å². The molecule has 1 heterocycles. The molecule has 1 saturated heterocycles. The van der Waals surface area contributed by atoms with E-state index in [-0.39, 0.29) is 24.8 Å². The van der Waals surface area contributed by atoms with Crippen LogP contribution in [0.2, 0.25) is 0 Å². The average Bonchev–Trinajstić information content (AvgIpc) is 2.72. The SMILES string of the molecule is CCC1(CC)CC(=O)N(C[C@@H](O)c2cccc(F)c2)C1=O. The Hall–Kier alpha value is -1.75. The molecular weight excluding hydrogens is 273 g/mol. The van der Waals surface area contributed by atoms with Crippen LogP contribution >= 0.6 is 0 Å². The Balaban J connectivity index is 2.16. The first-order chi connectivity index (χ1) is 9.93. The van der Waals surface area contributed by atoms with Gasteiger partial charge in [0.15, 0.2) is 0 Å². The molecule has 21 heavy (non-hydrogen) atoms. The molecule has 2 amide bonds. The highest BCUT2D eigenvalue weighted by Crippen LogP contribution is 2.39. The van der Waals surface area contributed by atoms with E-state index in [9.17, 15) is 19.1 Å². The molecule has 1 atom stereocenters. The van der Waals surface area contributed by atoms with Gasteiger partial charge in [0.2, 0.25) is 11.8 Å². The van der Waals surface area contributed by atoms with Crippen molar-refractivity contribution in [2.75, 3.05) is 6.54 Å². The van der Waals surface area contributed by atoms with Gasteiger partial charge in [-0.05, 0) is 30.5 Å². The number of aliphatic hydroxyl groups excluding tert-OH is 1. The number of β-amino-alcohol motifs (C(OH)–C–C–N with tert-alkyl or cyclic N) is 1. The number of halogens is 1. The van der Waals surface area contributed by atoms with E-state index < -0.39 is 17.3 Å². The first-order valence-electron chi connectivity index (χ1n) is 7.22. The Morgan fingerprint density at radius 3 is 2.52 bits per heavy atom. The molecule has 5 heteroatoms. The van der Waals surface area contributed by atoms with Gasteiger partial charge < -0.3 is 5.11 Å². The highest BCUT2D eigenvalue weighted by Gasteiger charge is 2.49. The summed E-state index contributed by atoms with van der Waals surface area (Å²) in [5.41, 5.74) is -0.278. The Morgan fingerprint density at radius 1 is 1.33 bits per heavy atom. The Kier molecular flexibility index (Phi) is 4.42. The van der Waals surface area contributed by atoms with Gasteiger partial charge in [-0.3, -0.25) is 14.5 Å². The van der Waals surface area contributed by atoms with Gasteiger partial charge in [0.25, 0.3) is 0 Å². The van der Waals surface area contributed by atoms with Crippen LogP contribution in [0.15, 0.2) is 24.3 Å². The number of aliphatic hydroxyl groups is 1. The molecule has 0 saturated carbocycles. The van der Waals surface area contributed by atoms with Crippen molar-refractivity contribution in [3.63, 3.8) is 0 Å². The van der Waals surface area contributed by atoms with Gasteiger partial charge in [0, 0.05) is 6.42 Å². The topological polar surface area (TPSA) is 57.6 Å². The molecule has 2 rings (SSSR count). The maximum atomic E-state index is 13.2. The van der Waals surface area contributed by atoms with Gasteiger partial charge in [-0.25, -0.2) is 4.39 Å². The van der Waals surface area contributed by atoms with Gasteiger partial charge in [-0.1, -0.05) is 26.0 Å². The molecule has 0 aromatic heterocycles. The summed E-state index contributed by atoms with van der Waals surface area (Å²) in [5, 5.41) is 10.1. The van der Waals surface area contributed by atoms with Crippen molar-refractivity contribution in [3.05, 3.63) is 35.6 Å². The zero-order valence-corrected chi connectivity index (χ0v) is 12.3. The standard InChI is InChI=1S/C16H20FNO3/c1-3-16(4-2)9-14(20)18(15(16)21)10-13(19)11-6-5-7-12(17)8-11/h5-8,13,19H,3-4,9-10H2,1-2H3/t13-/m1/s1. The van der Waals surface area contributed by atoms with E-state index in [0.29, 0.717) is 18.4 Å². The fourth-order valence-electron chi connectivity index (χ4n) is 2.84. The minimum absolute atomic E-state index is 0.122. The minimum Gasteiger partial charge on any atom is -0.387 e. The van der Waals surface area contributed by atoms with Crippen molar-refractivity contribution in [3.8, 4) is 0 Å². The van der Waals surface area contributed by atoms with E-state index in [1.165, 1.54) is 18.2 Å². The summed E-state index contributed by atoms with van der Waals surface area (Å²) in [7, 11) is 0. The van der Waals surface area contributed by atoms with Crippen LogP contribution in [0.4, 0.5) is 4.39 Å². The normalized spacial score (nSPS) is 19.1.